The van der Waals surface area contributed by atoms with Gasteiger partial charge in [0.2, 0.25) is 5.91 Å². The van der Waals surface area contributed by atoms with E-state index < -0.39 is 5.91 Å². The minimum atomic E-state index is -0.397. The fourth-order valence-corrected chi connectivity index (χ4v) is 1.93. The van der Waals surface area contributed by atoms with Crippen molar-refractivity contribution in [2.24, 2.45) is 5.92 Å². The number of pyridine rings is 1. The highest BCUT2D eigenvalue weighted by Gasteiger charge is 2.29. The van der Waals surface area contributed by atoms with Crippen LogP contribution in [0.5, 0.6) is 0 Å². The van der Waals surface area contributed by atoms with Gasteiger partial charge in [-0.3, -0.25) is 25.4 Å². The molecule has 1 heterocycles. The van der Waals surface area contributed by atoms with Crippen LogP contribution in [0.2, 0.25) is 0 Å². The standard InChI is InChI=1S/C14H13N3O2/c18-13(10-5-6-10)16-17-14(19)12-11-4-2-1-3-9(11)7-8-15-12/h1-4,7-8,10H,5-6H2,(H,16,18)(H,17,19). The number of aromatic nitrogens is 1. The molecule has 96 valence electrons. The van der Waals surface area contributed by atoms with E-state index in [-0.39, 0.29) is 11.8 Å². The van der Waals surface area contributed by atoms with Crippen LogP contribution < -0.4 is 10.9 Å². The summed E-state index contributed by atoms with van der Waals surface area (Å²) in [6.07, 6.45) is 3.38. The number of nitrogens with one attached hydrogen (secondary N) is 2. The molecule has 3 rings (SSSR count). The van der Waals surface area contributed by atoms with Crippen LogP contribution in [-0.2, 0) is 4.79 Å². The summed E-state index contributed by atoms with van der Waals surface area (Å²) in [6, 6.07) is 9.34. The number of amides is 2. The first-order chi connectivity index (χ1) is 9.25. The maximum atomic E-state index is 12.0. The van der Waals surface area contributed by atoms with Gasteiger partial charge in [-0.2, -0.15) is 0 Å². The van der Waals surface area contributed by atoms with E-state index in [0.29, 0.717) is 5.69 Å². The molecule has 2 N–H and O–H groups in total. The Hall–Kier alpha value is -2.43. The van der Waals surface area contributed by atoms with Gasteiger partial charge < -0.3 is 0 Å². The largest absolute Gasteiger partial charge is 0.288 e. The molecular formula is C14H13N3O2. The van der Waals surface area contributed by atoms with Crippen LogP contribution in [0.3, 0.4) is 0 Å². The van der Waals surface area contributed by atoms with E-state index in [4.69, 9.17) is 0 Å². The molecule has 0 unspecified atom stereocenters. The lowest BCUT2D eigenvalue weighted by Crippen LogP contribution is -2.42. The minimum absolute atomic E-state index is 0.0563. The molecule has 1 aromatic heterocycles. The van der Waals surface area contributed by atoms with Crippen molar-refractivity contribution in [3.05, 3.63) is 42.2 Å². The van der Waals surface area contributed by atoms with Crippen LogP contribution in [0.1, 0.15) is 23.3 Å². The van der Waals surface area contributed by atoms with Crippen molar-refractivity contribution in [2.45, 2.75) is 12.8 Å². The van der Waals surface area contributed by atoms with E-state index in [0.717, 1.165) is 23.6 Å². The molecule has 1 aliphatic rings. The molecule has 19 heavy (non-hydrogen) atoms. The van der Waals surface area contributed by atoms with Crippen molar-refractivity contribution in [2.75, 3.05) is 0 Å². The van der Waals surface area contributed by atoms with Crippen molar-refractivity contribution in [3.63, 3.8) is 0 Å². The van der Waals surface area contributed by atoms with Crippen LogP contribution in [0.4, 0.5) is 0 Å². The third-order valence-electron chi connectivity index (χ3n) is 3.14. The van der Waals surface area contributed by atoms with Crippen LogP contribution >= 0.6 is 0 Å². The zero-order chi connectivity index (χ0) is 13.2. The minimum Gasteiger partial charge on any atom is -0.273 e. The van der Waals surface area contributed by atoms with Gasteiger partial charge in [-0.15, -0.1) is 0 Å². The van der Waals surface area contributed by atoms with Crippen molar-refractivity contribution in [3.8, 4) is 0 Å². The Balaban J connectivity index is 1.79. The molecule has 0 radical (unpaired) electrons. The number of rotatable bonds is 2. The highest BCUT2D eigenvalue weighted by Crippen LogP contribution is 2.28. The first-order valence-corrected chi connectivity index (χ1v) is 6.19. The fraction of sp³-hybridized carbons (Fsp3) is 0.214. The fourth-order valence-electron chi connectivity index (χ4n) is 1.93. The summed E-state index contributed by atoms with van der Waals surface area (Å²) >= 11 is 0. The Morgan fingerprint density at radius 3 is 2.68 bits per heavy atom. The summed E-state index contributed by atoms with van der Waals surface area (Å²) in [5.41, 5.74) is 5.15. The van der Waals surface area contributed by atoms with E-state index in [1.54, 1.807) is 6.20 Å². The maximum absolute atomic E-state index is 12.0. The van der Waals surface area contributed by atoms with Gasteiger partial charge in [0.25, 0.3) is 5.91 Å². The molecule has 0 saturated heterocycles. The van der Waals surface area contributed by atoms with Crippen LogP contribution in [0.25, 0.3) is 10.8 Å². The summed E-state index contributed by atoms with van der Waals surface area (Å²) in [4.78, 5) is 27.6. The van der Waals surface area contributed by atoms with E-state index in [1.807, 2.05) is 30.3 Å². The second kappa shape index (κ2) is 4.68. The van der Waals surface area contributed by atoms with E-state index >= 15 is 0 Å². The number of carbonyl (C=O) groups excluding carboxylic acids is 2. The number of benzene rings is 1. The Labute approximate surface area is 110 Å². The Kier molecular flexibility index (Phi) is 2.87. The second-order valence-corrected chi connectivity index (χ2v) is 4.60. The van der Waals surface area contributed by atoms with Crippen LogP contribution in [-0.4, -0.2) is 16.8 Å². The number of hydrogen-bond donors (Lipinski definition) is 2. The molecule has 5 nitrogen and oxygen atoms in total. The van der Waals surface area contributed by atoms with Gasteiger partial charge in [0.1, 0.15) is 5.69 Å². The van der Waals surface area contributed by atoms with Gasteiger partial charge in [-0.05, 0) is 24.3 Å². The van der Waals surface area contributed by atoms with Gasteiger partial charge in [0.15, 0.2) is 0 Å². The summed E-state index contributed by atoms with van der Waals surface area (Å²) in [7, 11) is 0. The molecule has 0 atom stereocenters. The molecule has 1 saturated carbocycles. The normalized spacial score (nSPS) is 14.1. The van der Waals surface area contributed by atoms with Crippen LogP contribution in [0, 0.1) is 5.92 Å². The molecule has 2 amide bonds. The molecule has 1 aliphatic carbocycles. The lowest BCUT2D eigenvalue weighted by molar-refractivity contribution is -0.123. The average Bonchev–Trinajstić information content (AvgIpc) is 3.28. The average molecular weight is 255 g/mol. The Morgan fingerprint density at radius 1 is 1.11 bits per heavy atom. The van der Waals surface area contributed by atoms with Crippen LogP contribution in [0.15, 0.2) is 36.5 Å². The molecule has 1 aromatic carbocycles. The van der Waals surface area contributed by atoms with Crippen molar-refractivity contribution in [1.82, 2.24) is 15.8 Å². The van der Waals surface area contributed by atoms with Gasteiger partial charge in [0, 0.05) is 17.5 Å². The van der Waals surface area contributed by atoms with Crippen molar-refractivity contribution >= 4 is 22.6 Å². The SMILES string of the molecule is O=C(NNC(=O)C1CC1)c1nccc2ccccc12. The Morgan fingerprint density at radius 2 is 1.89 bits per heavy atom. The summed E-state index contributed by atoms with van der Waals surface area (Å²) in [5, 5.41) is 1.71. The number of hydrogen-bond acceptors (Lipinski definition) is 3. The number of hydrazine groups is 1. The van der Waals surface area contributed by atoms with E-state index in [9.17, 15) is 9.59 Å². The number of carbonyl (C=O) groups is 2. The summed E-state index contributed by atoms with van der Waals surface area (Å²) in [6.45, 7) is 0. The lowest BCUT2D eigenvalue weighted by Gasteiger charge is -2.08. The molecule has 0 aliphatic heterocycles. The zero-order valence-corrected chi connectivity index (χ0v) is 10.2. The predicted molar refractivity (Wildman–Crippen MR) is 70.1 cm³/mol. The van der Waals surface area contributed by atoms with Gasteiger partial charge in [-0.25, -0.2) is 0 Å². The topological polar surface area (TPSA) is 71.1 Å². The van der Waals surface area contributed by atoms with Gasteiger partial charge >= 0.3 is 0 Å². The van der Waals surface area contributed by atoms with Crippen molar-refractivity contribution < 1.29 is 9.59 Å². The van der Waals surface area contributed by atoms with Gasteiger partial charge in [0.05, 0.1) is 0 Å². The maximum Gasteiger partial charge on any atom is 0.288 e. The first kappa shape index (κ1) is 11.6. The number of nitrogens with zero attached hydrogens (tertiary/aromatic N) is 1. The monoisotopic (exact) mass is 255 g/mol. The quantitative estimate of drug-likeness (QED) is 0.797. The third kappa shape index (κ3) is 2.40. The summed E-state index contributed by atoms with van der Waals surface area (Å²) in [5.74, 6) is -0.472. The molecule has 0 bridgehead atoms. The third-order valence-corrected chi connectivity index (χ3v) is 3.14. The van der Waals surface area contributed by atoms with Crippen molar-refractivity contribution in [1.29, 1.82) is 0 Å². The number of fused-ring (bicyclic) bond motifs is 1. The first-order valence-electron chi connectivity index (χ1n) is 6.19. The second-order valence-electron chi connectivity index (χ2n) is 4.60. The van der Waals surface area contributed by atoms with E-state index in [1.165, 1.54) is 0 Å². The molecule has 5 heteroatoms. The lowest BCUT2D eigenvalue weighted by atomic mass is 10.1. The highest BCUT2D eigenvalue weighted by molar-refractivity contribution is 6.05. The zero-order valence-electron chi connectivity index (χ0n) is 10.2. The predicted octanol–water partition coefficient (Wildman–Crippen LogP) is 1.41. The molecule has 0 spiro atoms. The molecule has 1 fully saturated rings. The molecule has 2 aromatic rings. The summed E-state index contributed by atoms with van der Waals surface area (Å²) < 4.78 is 0. The molecular weight excluding hydrogens is 242 g/mol. The Bertz CT molecular complexity index is 645. The highest BCUT2D eigenvalue weighted by atomic mass is 16.2. The van der Waals surface area contributed by atoms with Gasteiger partial charge in [-0.1, -0.05) is 24.3 Å². The van der Waals surface area contributed by atoms with E-state index in [2.05, 4.69) is 15.8 Å². The smallest absolute Gasteiger partial charge is 0.273 e.